The van der Waals surface area contributed by atoms with Crippen LogP contribution in [0.2, 0.25) is 5.02 Å². The highest BCUT2D eigenvalue weighted by Gasteiger charge is 2.47. The van der Waals surface area contributed by atoms with E-state index >= 15 is 0 Å². The van der Waals surface area contributed by atoms with Crippen LogP contribution >= 0.6 is 11.6 Å². The Hall–Kier alpha value is -4.08. The molecular weight excluding hydrogens is 576 g/mol. The third-order valence-corrected chi connectivity index (χ3v) is 10.3. The number of hydrogen-bond acceptors (Lipinski definition) is 6. The lowest BCUT2D eigenvalue weighted by Crippen LogP contribution is -2.41. The van der Waals surface area contributed by atoms with Crippen molar-refractivity contribution in [3.63, 3.8) is 0 Å². The summed E-state index contributed by atoms with van der Waals surface area (Å²) in [4.78, 5) is 25.9. The summed E-state index contributed by atoms with van der Waals surface area (Å²) in [6, 6.07) is 13.8. The van der Waals surface area contributed by atoms with E-state index in [1.165, 1.54) is 12.8 Å². The summed E-state index contributed by atoms with van der Waals surface area (Å²) in [5.74, 6) is 2.46. The largest absolute Gasteiger partial charge is 0.506 e. The van der Waals surface area contributed by atoms with Crippen LogP contribution < -0.4 is 10.5 Å². The third-order valence-electron chi connectivity index (χ3n) is 9.98. The molecule has 3 N–H and O–H groups in total. The van der Waals surface area contributed by atoms with E-state index < -0.39 is 0 Å². The molecule has 3 fully saturated rings. The van der Waals surface area contributed by atoms with Gasteiger partial charge in [-0.05, 0) is 92.5 Å². The predicted molar refractivity (Wildman–Crippen MR) is 171 cm³/mol. The molecule has 3 aliphatic rings. The first-order chi connectivity index (χ1) is 21.2. The van der Waals surface area contributed by atoms with Crippen LogP contribution in [-0.4, -0.2) is 60.8 Å². The number of pyridine rings is 1. The molecule has 44 heavy (non-hydrogen) atoms. The number of hydrogen-bond donors (Lipinski definition) is 2. The van der Waals surface area contributed by atoms with E-state index in [-0.39, 0.29) is 23.7 Å². The molecule has 2 unspecified atom stereocenters. The van der Waals surface area contributed by atoms with Gasteiger partial charge >= 0.3 is 0 Å². The Bertz CT molecular complexity index is 1970. The third kappa shape index (κ3) is 4.20. The summed E-state index contributed by atoms with van der Waals surface area (Å²) >= 11 is 6.32. The Balaban J connectivity index is 1.24. The fourth-order valence-corrected chi connectivity index (χ4v) is 7.63. The standard InChI is InChI=1S/C34H35ClN6O3/c1-17-10-21(11-23(35)31(17)42)24-8-6-19-13-27(40(32(19)37-24)15-18-4-5-18)33-38-25-12-22(14-28(44-3)30(25)39(33)2)34(43)41-16-20-7-9-26(41)29(20)36/h6,8,10-14,18,20,26,29,42H,4-5,7,9,15-16,36H2,1-3H3/t20?,26?,29-/m1/s1. The van der Waals surface area contributed by atoms with Gasteiger partial charge in [0.1, 0.15) is 22.7 Å². The number of methoxy groups -OCH3 is 1. The lowest BCUT2D eigenvalue weighted by atomic mass is 10.1. The SMILES string of the molecule is COc1cc(C(=O)N2CC3CCC2[C@@H]3N)cc2nc(-c3cc4ccc(-c5cc(C)c(O)c(Cl)c5)nc4n3CC3CC3)n(C)c12. The van der Waals surface area contributed by atoms with Crippen molar-refractivity contribution in [2.45, 2.75) is 51.2 Å². The van der Waals surface area contributed by atoms with E-state index in [9.17, 15) is 9.90 Å². The van der Waals surface area contributed by atoms with Crippen LogP contribution in [0.5, 0.6) is 11.5 Å². The number of nitrogens with two attached hydrogens (primary N) is 1. The smallest absolute Gasteiger partial charge is 0.254 e. The number of imidazole rings is 1. The van der Waals surface area contributed by atoms with Crippen molar-refractivity contribution in [3.8, 4) is 34.3 Å². The number of phenolic OH excluding ortho intramolecular Hbond substituents is 1. The monoisotopic (exact) mass is 610 g/mol. The minimum atomic E-state index is -0.01000. The quantitative estimate of drug-likeness (QED) is 0.247. The number of rotatable bonds is 6. The van der Waals surface area contributed by atoms with E-state index in [2.05, 4.69) is 21.3 Å². The maximum absolute atomic E-state index is 13.7. The molecule has 0 spiro atoms. The minimum Gasteiger partial charge on any atom is -0.506 e. The molecule has 4 heterocycles. The number of aromatic hydroxyl groups is 1. The summed E-state index contributed by atoms with van der Waals surface area (Å²) in [6.07, 6.45) is 4.44. The van der Waals surface area contributed by atoms with E-state index in [0.29, 0.717) is 45.8 Å². The van der Waals surface area contributed by atoms with Gasteiger partial charge in [-0.1, -0.05) is 11.6 Å². The van der Waals surface area contributed by atoms with Gasteiger partial charge in [0.25, 0.3) is 5.91 Å². The van der Waals surface area contributed by atoms with Crippen LogP contribution in [0.3, 0.4) is 0 Å². The number of amides is 1. The van der Waals surface area contributed by atoms with Crippen molar-refractivity contribution in [1.82, 2.24) is 24.0 Å². The van der Waals surface area contributed by atoms with Crippen LogP contribution in [0, 0.1) is 18.8 Å². The normalized spacial score (nSPS) is 21.2. The molecule has 2 aliphatic carbocycles. The Morgan fingerprint density at radius 1 is 1.11 bits per heavy atom. The highest BCUT2D eigenvalue weighted by molar-refractivity contribution is 6.32. The average Bonchev–Trinajstić information content (AvgIpc) is 3.42. The number of likely N-dealkylation sites (tertiary alicyclic amines) is 1. The molecule has 226 valence electrons. The molecule has 2 saturated carbocycles. The van der Waals surface area contributed by atoms with Gasteiger partial charge in [-0.3, -0.25) is 4.79 Å². The van der Waals surface area contributed by atoms with Crippen molar-refractivity contribution in [1.29, 1.82) is 0 Å². The highest BCUT2D eigenvalue weighted by atomic mass is 35.5. The number of benzene rings is 2. The lowest BCUT2D eigenvalue weighted by molar-refractivity contribution is 0.0700. The van der Waals surface area contributed by atoms with Crippen LogP contribution in [0.15, 0.2) is 42.5 Å². The zero-order valence-electron chi connectivity index (χ0n) is 25.0. The first-order valence-corrected chi connectivity index (χ1v) is 15.7. The molecule has 10 heteroatoms. The van der Waals surface area contributed by atoms with E-state index in [1.807, 2.05) is 43.1 Å². The van der Waals surface area contributed by atoms with Crippen LogP contribution in [0.1, 0.15) is 41.6 Å². The minimum absolute atomic E-state index is 0.01000. The number of halogens is 1. The summed E-state index contributed by atoms with van der Waals surface area (Å²) < 4.78 is 10.2. The number of fused-ring (bicyclic) bond motifs is 4. The molecule has 8 rings (SSSR count). The Kier molecular flexibility index (Phi) is 6.22. The summed E-state index contributed by atoms with van der Waals surface area (Å²) in [7, 11) is 3.63. The topological polar surface area (TPSA) is 111 Å². The van der Waals surface area contributed by atoms with Gasteiger partial charge in [0, 0.05) is 48.7 Å². The molecule has 3 aromatic heterocycles. The Labute approximate surface area is 260 Å². The summed E-state index contributed by atoms with van der Waals surface area (Å²) in [5.41, 5.74) is 12.7. The van der Waals surface area contributed by atoms with Crippen LogP contribution in [-0.2, 0) is 13.6 Å². The van der Waals surface area contributed by atoms with Gasteiger partial charge in [-0.2, -0.15) is 0 Å². The number of aromatic nitrogens is 4. The molecule has 0 radical (unpaired) electrons. The van der Waals surface area contributed by atoms with Crippen molar-refractivity contribution >= 4 is 39.6 Å². The van der Waals surface area contributed by atoms with Crippen molar-refractivity contribution < 1.29 is 14.6 Å². The molecule has 1 amide bonds. The Morgan fingerprint density at radius 2 is 1.93 bits per heavy atom. The molecule has 1 aliphatic heterocycles. The van der Waals surface area contributed by atoms with Gasteiger partial charge in [-0.15, -0.1) is 0 Å². The number of ether oxygens (including phenoxy) is 1. The number of carbonyl (C=O) groups is 1. The Morgan fingerprint density at radius 3 is 2.61 bits per heavy atom. The zero-order valence-corrected chi connectivity index (χ0v) is 25.8. The summed E-state index contributed by atoms with van der Waals surface area (Å²) in [5, 5.41) is 11.5. The number of nitrogens with zero attached hydrogens (tertiary/aromatic N) is 5. The second-order valence-corrected chi connectivity index (χ2v) is 13.2. The van der Waals surface area contributed by atoms with Gasteiger partial charge in [-0.25, -0.2) is 9.97 Å². The van der Waals surface area contributed by atoms with Crippen LogP contribution in [0.25, 0.3) is 44.8 Å². The molecular formula is C34H35ClN6O3. The number of aryl methyl sites for hydroxylation is 2. The highest BCUT2D eigenvalue weighted by Crippen LogP contribution is 2.41. The van der Waals surface area contributed by atoms with Gasteiger partial charge < -0.3 is 29.6 Å². The molecule has 9 nitrogen and oxygen atoms in total. The molecule has 1 saturated heterocycles. The van der Waals surface area contributed by atoms with Crippen molar-refractivity contribution in [3.05, 3.63) is 58.6 Å². The first-order valence-electron chi connectivity index (χ1n) is 15.3. The lowest BCUT2D eigenvalue weighted by Gasteiger charge is -2.27. The fourth-order valence-electron chi connectivity index (χ4n) is 7.37. The van der Waals surface area contributed by atoms with E-state index in [1.54, 1.807) is 13.2 Å². The first kappa shape index (κ1) is 27.5. The number of phenols is 1. The second kappa shape index (κ2) is 9.97. The molecule has 5 aromatic rings. The fraction of sp³-hybridized carbons (Fsp3) is 0.382. The summed E-state index contributed by atoms with van der Waals surface area (Å²) in [6.45, 7) is 3.39. The molecule has 2 bridgehead atoms. The van der Waals surface area contributed by atoms with E-state index in [0.717, 1.165) is 58.7 Å². The van der Waals surface area contributed by atoms with Crippen molar-refractivity contribution in [2.75, 3.05) is 13.7 Å². The van der Waals surface area contributed by atoms with Crippen molar-refractivity contribution in [2.24, 2.45) is 24.6 Å². The average molecular weight is 611 g/mol. The zero-order chi connectivity index (χ0) is 30.4. The van der Waals surface area contributed by atoms with Gasteiger partial charge in [0.05, 0.1) is 29.0 Å². The second-order valence-electron chi connectivity index (χ2n) is 12.8. The molecule has 2 aromatic carbocycles. The molecule has 3 atom stereocenters. The van der Waals surface area contributed by atoms with E-state index in [4.69, 9.17) is 32.0 Å². The van der Waals surface area contributed by atoms with Gasteiger partial charge in [0.2, 0.25) is 0 Å². The number of piperidine rings is 1. The van der Waals surface area contributed by atoms with Gasteiger partial charge in [0.15, 0.2) is 5.82 Å². The van der Waals surface area contributed by atoms with Crippen LogP contribution in [0.4, 0.5) is 0 Å². The number of carbonyl (C=O) groups excluding carboxylic acids is 1. The maximum Gasteiger partial charge on any atom is 0.254 e. The maximum atomic E-state index is 13.7. The predicted octanol–water partition coefficient (Wildman–Crippen LogP) is 5.90.